The SMILES string of the molecule is C=C(C)C1CC2(C)C(C)CC(=O)CC2C(OC(=O)C(C)=CC)C1OC(C)=O. The summed E-state index contributed by atoms with van der Waals surface area (Å²) >= 11 is 0. The number of carbonyl (C=O) groups is 3. The first-order valence-corrected chi connectivity index (χ1v) is 9.69. The van der Waals surface area contributed by atoms with Gasteiger partial charge in [-0.25, -0.2) is 4.79 Å². The van der Waals surface area contributed by atoms with E-state index in [0.717, 1.165) is 12.0 Å². The molecule has 5 heteroatoms. The van der Waals surface area contributed by atoms with Gasteiger partial charge in [0.15, 0.2) is 0 Å². The molecule has 0 bridgehead atoms. The molecule has 6 atom stereocenters. The van der Waals surface area contributed by atoms with Crippen molar-refractivity contribution in [2.45, 2.75) is 73.0 Å². The minimum Gasteiger partial charge on any atom is -0.458 e. The number of ether oxygens (including phenoxy) is 2. The van der Waals surface area contributed by atoms with Gasteiger partial charge in [0.1, 0.15) is 18.0 Å². The molecule has 0 amide bonds. The zero-order valence-corrected chi connectivity index (χ0v) is 17.3. The van der Waals surface area contributed by atoms with Crippen molar-refractivity contribution >= 4 is 17.7 Å². The Kier molecular flexibility index (Phi) is 6.33. The Hall–Kier alpha value is -1.91. The molecule has 0 saturated heterocycles. The van der Waals surface area contributed by atoms with Gasteiger partial charge in [-0.1, -0.05) is 32.1 Å². The van der Waals surface area contributed by atoms with Gasteiger partial charge in [0.25, 0.3) is 0 Å². The molecule has 2 aliphatic rings. The fraction of sp³-hybridized carbons (Fsp3) is 0.682. The number of hydrogen-bond acceptors (Lipinski definition) is 5. The summed E-state index contributed by atoms with van der Waals surface area (Å²) in [6, 6.07) is 0. The Morgan fingerprint density at radius 3 is 2.30 bits per heavy atom. The largest absolute Gasteiger partial charge is 0.458 e. The third-order valence-electron chi connectivity index (χ3n) is 6.66. The second-order valence-electron chi connectivity index (χ2n) is 8.53. The molecular weight excluding hydrogens is 344 g/mol. The maximum Gasteiger partial charge on any atom is 0.333 e. The van der Waals surface area contributed by atoms with Crippen LogP contribution in [-0.2, 0) is 23.9 Å². The summed E-state index contributed by atoms with van der Waals surface area (Å²) in [4.78, 5) is 36.7. The normalized spacial score (nSPS) is 36.6. The monoisotopic (exact) mass is 376 g/mol. The second kappa shape index (κ2) is 7.99. The van der Waals surface area contributed by atoms with Crippen molar-refractivity contribution in [2.75, 3.05) is 0 Å². The Balaban J connectivity index is 2.52. The number of carbonyl (C=O) groups excluding carboxylic acids is 3. The first kappa shape index (κ1) is 21.4. The number of rotatable bonds is 4. The van der Waals surface area contributed by atoms with Gasteiger partial charge in [0.2, 0.25) is 0 Å². The number of hydrogen-bond donors (Lipinski definition) is 0. The lowest BCUT2D eigenvalue weighted by Gasteiger charge is -2.56. The summed E-state index contributed by atoms with van der Waals surface area (Å²) in [7, 11) is 0. The molecule has 6 unspecified atom stereocenters. The summed E-state index contributed by atoms with van der Waals surface area (Å²) in [6.07, 6.45) is 2.04. The van der Waals surface area contributed by atoms with E-state index in [2.05, 4.69) is 20.4 Å². The second-order valence-corrected chi connectivity index (χ2v) is 8.53. The Morgan fingerprint density at radius 2 is 1.78 bits per heavy atom. The van der Waals surface area contributed by atoms with Gasteiger partial charge in [0, 0.05) is 37.2 Å². The van der Waals surface area contributed by atoms with Crippen molar-refractivity contribution in [3.05, 3.63) is 23.8 Å². The Bertz CT molecular complexity index is 676. The Labute approximate surface area is 162 Å². The minimum absolute atomic E-state index is 0.116. The van der Waals surface area contributed by atoms with Crippen molar-refractivity contribution in [1.29, 1.82) is 0 Å². The van der Waals surface area contributed by atoms with Gasteiger partial charge in [-0.15, -0.1) is 0 Å². The van der Waals surface area contributed by atoms with E-state index in [1.54, 1.807) is 19.9 Å². The van der Waals surface area contributed by atoms with E-state index in [0.29, 0.717) is 18.4 Å². The molecule has 2 saturated carbocycles. The van der Waals surface area contributed by atoms with Crippen LogP contribution in [0.4, 0.5) is 0 Å². The van der Waals surface area contributed by atoms with E-state index in [9.17, 15) is 14.4 Å². The van der Waals surface area contributed by atoms with Crippen LogP contribution < -0.4 is 0 Å². The lowest BCUT2D eigenvalue weighted by Crippen LogP contribution is -2.59. The quantitative estimate of drug-likeness (QED) is 0.421. The lowest BCUT2D eigenvalue weighted by molar-refractivity contribution is -0.199. The fourth-order valence-corrected chi connectivity index (χ4v) is 4.67. The maximum atomic E-state index is 12.6. The molecular formula is C22H32O5. The Morgan fingerprint density at radius 1 is 1.15 bits per heavy atom. The predicted molar refractivity (Wildman–Crippen MR) is 103 cm³/mol. The smallest absolute Gasteiger partial charge is 0.333 e. The van der Waals surface area contributed by atoms with E-state index >= 15 is 0 Å². The zero-order valence-electron chi connectivity index (χ0n) is 17.3. The topological polar surface area (TPSA) is 69.7 Å². The van der Waals surface area contributed by atoms with Gasteiger partial charge in [-0.3, -0.25) is 9.59 Å². The molecule has 0 aliphatic heterocycles. The van der Waals surface area contributed by atoms with Crippen molar-refractivity contribution < 1.29 is 23.9 Å². The number of allylic oxidation sites excluding steroid dienone is 1. The number of Topliss-reactive ketones (excluding diaryl/α,β-unsaturated/α-hetero) is 1. The molecule has 5 nitrogen and oxygen atoms in total. The van der Waals surface area contributed by atoms with Gasteiger partial charge in [-0.2, -0.15) is 0 Å². The van der Waals surface area contributed by atoms with E-state index in [4.69, 9.17) is 9.47 Å². The third-order valence-corrected chi connectivity index (χ3v) is 6.66. The van der Waals surface area contributed by atoms with Crippen LogP contribution in [0.25, 0.3) is 0 Å². The van der Waals surface area contributed by atoms with Gasteiger partial charge in [0.05, 0.1) is 0 Å². The highest BCUT2D eigenvalue weighted by Crippen LogP contribution is 2.56. The van der Waals surface area contributed by atoms with Crippen LogP contribution >= 0.6 is 0 Å². The molecule has 2 fully saturated rings. The highest BCUT2D eigenvalue weighted by molar-refractivity contribution is 5.88. The van der Waals surface area contributed by atoms with E-state index in [1.807, 2.05) is 6.92 Å². The van der Waals surface area contributed by atoms with Crippen molar-refractivity contribution in [3.63, 3.8) is 0 Å². The van der Waals surface area contributed by atoms with Crippen LogP contribution in [0, 0.1) is 23.2 Å². The van der Waals surface area contributed by atoms with Crippen LogP contribution in [0.2, 0.25) is 0 Å². The average Bonchev–Trinajstić information content (AvgIpc) is 2.57. The number of esters is 2. The molecule has 2 aliphatic carbocycles. The molecule has 0 aromatic carbocycles. The first-order valence-electron chi connectivity index (χ1n) is 9.69. The highest BCUT2D eigenvalue weighted by atomic mass is 16.6. The third kappa shape index (κ3) is 4.17. The van der Waals surface area contributed by atoms with Crippen molar-refractivity contribution in [2.24, 2.45) is 23.2 Å². The van der Waals surface area contributed by atoms with E-state index in [1.165, 1.54) is 6.92 Å². The van der Waals surface area contributed by atoms with Crippen molar-refractivity contribution in [1.82, 2.24) is 0 Å². The molecule has 2 rings (SSSR count). The first-order chi connectivity index (χ1) is 12.5. The van der Waals surface area contributed by atoms with Crippen LogP contribution in [0.3, 0.4) is 0 Å². The van der Waals surface area contributed by atoms with E-state index in [-0.39, 0.29) is 29.0 Å². The van der Waals surface area contributed by atoms with Crippen LogP contribution in [0.15, 0.2) is 23.8 Å². The molecule has 0 heterocycles. The molecule has 27 heavy (non-hydrogen) atoms. The summed E-state index contributed by atoms with van der Waals surface area (Å²) in [5, 5.41) is 0. The molecule has 0 aromatic rings. The average molecular weight is 376 g/mol. The van der Waals surface area contributed by atoms with Crippen molar-refractivity contribution in [3.8, 4) is 0 Å². The van der Waals surface area contributed by atoms with Gasteiger partial charge >= 0.3 is 11.9 Å². The standard InChI is InChI=1S/C22H32O5/c1-8-13(4)21(25)27-20-18-10-16(24)9-14(5)22(18,7)11-17(12(2)3)19(20)26-15(6)23/h8,14,17-20H,2,9-11H2,1,3-7H3. The highest BCUT2D eigenvalue weighted by Gasteiger charge is 2.58. The molecule has 0 N–H and O–H groups in total. The summed E-state index contributed by atoms with van der Waals surface area (Å²) in [5.74, 6) is -0.822. The predicted octanol–water partition coefficient (Wildman–Crippen LogP) is 4.01. The van der Waals surface area contributed by atoms with Gasteiger partial charge in [-0.05, 0) is 38.5 Å². The number of fused-ring (bicyclic) bond motifs is 1. The molecule has 0 radical (unpaired) electrons. The van der Waals surface area contributed by atoms with Gasteiger partial charge < -0.3 is 9.47 Å². The minimum atomic E-state index is -0.663. The summed E-state index contributed by atoms with van der Waals surface area (Å²) in [5.41, 5.74) is 1.20. The molecule has 150 valence electrons. The maximum absolute atomic E-state index is 12.6. The van der Waals surface area contributed by atoms with Crippen LogP contribution in [-0.4, -0.2) is 29.9 Å². The fourth-order valence-electron chi connectivity index (χ4n) is 4.67. The molecule has 0 spiro atoms. The summed E-state index contributed by atoms with van der Waals surface area (Å²) in [6.45, 7) is 15.1. The van der Waals surface area contributed by atoms with Crippen LogP contribution in [0.5, 0.6) is 0 Å². The lowest BCUT2D eigenvalue weighted by atomic mass is 9.51. The number of ketones is 1. The molecule has 0 aromatic heterocycles. The summed E-state index contributed by atoms with van der Waals surface area (Å²) < 4.78 is 11.5. The van der Waals surface area contributed by atoms with Crippen LogP contribution in [0.1, 0.15) is 60.8 Å². The zero-order chi connectivity index (χ0) is 20.5. The van der Waals surface area contributed by atoms with E-state index < -0.39 is 24.1 Å².